The molecular weight excluding hydrogens is 582 g/mol. The fourth-order valence-corrected chi connectivity index (χ4v) is 6.58. The highest BCUT2D eigenvalue weighted by atomic mass is 19.3. The molecule has 0 spiro atoms. The number of pyridine rings is 2. The molecule has 2 unspecified atom stereocenters. The molecule has 2 aliphatic rings. The van der Waals surface area contributed by atoms with Crippen LogP contribution >= 0.6 is 0 Å². The van der Waals surface area contributed by atoms with Gasteiger partial charge >= 0.3 is 0 Å². The highest BCUT2D eigenvalue weighted by Crippen LogP contribution is 2.68. The van der Waals surface area contributed by atoms with Gasteiger partial charge in [-0.1, -0.05) is 24.3 Å². The van der Waals surface area contributed by atoms with Crippen LogP contribution in [0.15, 0.2) is 73.1 Å². The minimum atomic E-state index is -3.36. The summed E-state index contributed by atoms with van der Waals surface area (Å²) < 4.78 is 86.8. The van der Waals surface area contributed by atoms with E-state index in [0.29, 0.717) is 11.3 Å². The van der Waals surface area contributed by atoms with Gasteiger partial charge in [-0.05, 0) is 60.2 Å². The zero-order valence-electron chi connectivity index (χ0n) is 23.0. The van der Waals surface area contributed by atoms with E-state index in [2.05, 4.69) is 15.1 Å². The van der Waals surface area contributed by atoms with E-state index in [1.165, 1.54) is 6.20 Å². The van der Waals surface area contributed by atoms with Crippen molar-refractivity contribution < 1.29 is 31.1 Å². The molecule has 0 amide bonds. The van der Waals surface area contributed by atoms with E-state index in [1.54, 1.807) is 18.3 Å². The van der Waals surface area contributed by atoms with Crippen LogP contribution in [-0.2, 0) is 23.7 Å². The number of rotatable bonds is 9. The molecule has 2 aliphatic carbocycles. The summed E-state index contributed by atoms with van der Waals surface area (Å²) in [6, 6.07) is 15.9. The standard InChI is InChI=1S/C33H24F6N4O/c34-21-10-17(11-22(35)14-21)9-20(29-24(4-2-8-41-29)19-6-5-18-3-1-7-40-27(18)13-19)12-23(44)16-43-31-28(30(42-43)32(36)37)25-15-26(25)33(31,38)39/h1-8,10-11,13-14,20,25-26,32H,9,12,15-16H2/t20-,25?,26?/m1/s1. The first-order valence-corrected chi connectivity index (χ1v) is 14.1. The fraction of sp³-hybridized carbons (Fsp3) is 0.273. The van der Waals surface area contributed by atoms with E-state index >= 15 is 8.78 Å². The molecule has 224 valence electrons. The normalized spacial score (nSPS) is 18.8. The smallest absolute Gasteiger partial charge is 0.293 e. The number of ketones is 1. The summed E-state index contributed by atoms with van der Waals surface area (Å²) in [4.78, 5) is 22.5. The Hall–Kier alpha value is -4.54. The lowest BCUT2D eigenvalue weighted by molar-refractivity contribution is -0.120. The van der Waals surface area contributed by atoms with Gasteiger partial charge in [0.25, 0.3) is 12.3 Å². The molecule has 3 atom stereocenters. The maximum absolute atomic E-state index is 15.1. The molecule has 0 radical (unpaired) electrons. The molecule has 0 aliphatic heterocycles. The molecule has 7 rings (SSSR count). The van der Waals surface area contributed by atoms with Crippen LogP contribution < -0.4 is 0 Å². The number of Topliss-reactive ketones (excluding diaryl/α,β-unsaturated/α-hetero) is 1. The zero-order valence-corrected chi connectivity index (χ0v) is 23.0. The molecule has 0 N–H and O–H groups in total. The maximum atomic E-state index is 15.1. The number of hydrogen-bond acceptors (Lipinski definition) is 4. The average molecular weight is 607 g/mol. The summed E-state index contributed by atoms with van der Waals surface area (Å²) in [5.74, 6) is -8.00. The number of hydrogen-bond donors (Lipinski definition) is 0. The van der Waals surface area contributed by atoms with E-state index < -0.39 is 65.5 Å². The van der Waals surface area contributed by atoms with Crippen molar-refractivity contribution in [3.63, 3.8) is 0 Å². The largest absolute Gasteiger partial charge is 0.298 e. The minimum absolute atomic E-state index is 0.00390. The van der Waals surface area contributed by atoms with Crippen molar-refractivity contribution in [2.45, 2.75) is 50.0 Å². The van der Waals surface area contributed by atoms with Crippen LogP contribution in [0.3, 0.4) is 0 Å². The van der Waals surface area contributed by atoms with E-state index in [1.807, 2.05) is 30.3 Å². The Morgan fingerprint density at radius 1 is 0.955 bits per heavy atom. The van der Waals surface area contributed by atoms with Crippen LogP contribution in [0.4, 0.5) is 26.3 Å². The van der Waals surface area contributed by atoms with Gasteiger partial charge < -0.3 is 0 Å². The minimum Gasteiger partial charge on any atom is -0.298 e. The number of alkyl halides is 4. The van der Waals surface area contributed by atoms with Crippen molar-refractivity contribution in [2.75, 3.05) is 0 Å². The summed E-state index contributed by atoms with van der Waals surface area (Å²) in [6.45, 7) is -0.653. The third-order valence-electron chi connectivity index (χ3n) is 8.51. The van der Waals surface area contributed by atoms with Crippen molar-refractivity contribution in [3.8, 4) is 11.1 Å². The molecule has 2 aromatic carbocycles. The van der Waals surface area contributed by atoms with Crippen molar-refractivity contribution in [1.29, 1.82) is 0 Å². The van der Waals surface area contributed by atoms with Gasteiger partial charge in [0.15, 0.2) is 5.78 Å². The second kappa shape index (κ2) is 10.6. The Labute approximate surface area is 247 Å². The summed E-state index contributed by atoms with van der Waals surface area (Å²) in [6.07, 6.45) is -0.0312. The van der Waals surface area contributed by atoms with Gasteiger partial charge in [0.1, 0.15) is 29.6 Å². The first kappa shape index (κ1) is 28.2. The molecule has 0 saturated heterocycles. The van der Waals surface area contributed by atoms with Gasteiger partial charge in [-0.3, -0.25) is 19.4 Å². The third kappa shape index (κ3) is 4.93. The Morgan fingerprint density at radius 2 is 1.70 bits per heavy atom. The molecule has 1 saturated carbocycles. The fourth-order valence-electron chi connectivity index (χ4n) is 6.58. The van der Waals surface area contributed by atoms with E-state index in [0.717, 1.165) is 39.3 Å². The van der Waals surface area contributed by atoms with Crippen LogP contribution in [0.25, 0.3) is 22.0 Å². The van der Waals surface area contributed by atoms with Crippen LogP contribution in [-0.4, -0.2) is 25.5 Å². The lowest BCUT2D eigenvalue weighted by Gasteiger charge is -2.21. The Kier molecular flexibility index (Phi) is 6.78. The first-order valence-electron chi connectivity index (χ1n) is 14.1. The zero-order chi connectivity index (χ0) is 30.7. The molecule has 3 aromatic heterocycles. The molecule has 5 nitrogen and oxygen atoms in total. The third-order valence-corrected chi connectivity index (χ3v) is 8.51. The summed E-state index contributed by atoms with van der Waals surface area (Å²) in [5.41, 5.74) is 1.37. The molecule has 44 heavy (non-hydrogen) atoms. The quantitative estimate of drug-likeness (QED) is 0.160. The van der Waals surface area contributed by atoms with Crippen LogP contribution in [0.1, 0.15) is 59.3 Å². The highest BCUT2D eigenvalue weighted by molar-refractivity contribution is 5.85. The average Bonchev–Trinajstić information content (AvgIpc) is 3.64. The van der Waals surface area contributed by atoms with Gasteiger partial charge in [-0.25, -0.2) is 17.6 Å². The second-order valence-electron chi connectivity index (χ2n) is 11.4. The molecule has 5 aromatic rings. The van der Waals surface area contributed by atoms with E-state index in [9.17, 15) is 22.4 Å². The van der Waals surface area contributed by atoms with Crippen LogP contribution in [0, 0.1) is 17.6 Å². The molecule has 0 bridgehead atoms. The van der Waals surface area contributed by atoms with E-state index in [-0.39, 0.29) is 30.4 Å². The van der Waals surface area contributed by atoms with Crippen LogP contribution in [0.2, 0.25) is 0 Å². The van der Waals surface area contributed by atoms with E-state index in [4.69, 9.17) is 0 Å². The molecule has 3 heterocycles. The predicted octanol–water partition coefficient (Wildman–Crippen LogP) is 7.90. The topological polar surface area (TPSA) is 60.7 Å². The van der Waals surface area contributed by atoms with Gasteiger partial charge in [0.2, 0.25) is 0 Å². The number of nitrogens with zero attached hydrogens (tertiary/aromatic N) is 4. The number of fused-ring (bicyclic) bond motifs is 4. The van der Waals surface area contributed by atoms with Crippen molar-refractivity contribution in [1.82, 2.24) is 19.7 Å². The van der Waals surface area contributed by atoms with Crippen molar-refractivity contribution in [2.24, 2.45) is 5.92 Å². The molecule has 1 fully saturated rings. The summed E-state index contributed by atoms with van der Waals surface area (Å²) >= 11 is 0. The lowest BCUT2D eigenvalue weighted by Crippen LogP contribution is -2.24. The summed E-state index contributed by atoms with van der Waals surface area (Å²) in [7, 11) is 0. The predicted molar refractivity (Wildman–Crippen MR) is 149 cm³/mol. The van der Waals surface area contributed by atoms with Crippen molar-refractivity contribution >= 4 is 16.7 Å². The number of carbonyl (C=O) groups is 1. The Balaban J connectivity index is 1.25. The van der Waals surface area contributed by atoms with Crippen molar-refractivity contribution in [3.05, 3.63) is 113 Å². The van der Waals surface area contributed by atoms with Gasteiger partial charge in [-0.2, -0.15) is 13.9 Å². The lowest BCUT2D eigenvalue weighted by atomic mass is 9.86. The second-order valence-corrected chi connectivity index (χ2v) is 11.4. The number of halogens is 6. The maximum Gasteiger partial charge on any atom is 0.293 e. The summed E-state index contributed by atoms with van der Waals surface area (Å²) in [5, 5.41) is 4.68. The number of benzene rings is 2. The van der Waals surface area contributed by atoms with Gasteiger partial charge in [-0.15, -0.1) is 0 Å². The molecule has 11 heteroatoms. The van der Waals surface area contributed by atoms with Gasteiger partial charge in [0, 0.05) is 53.2 Å². The highest BCUT2D eigenvalue weighted by Gasteiger charge is 2.67. The first-order chi connectivity index (χ1) is 21.1. The monoisotopic (exact) mass is 606 g/mol. The Bertz CT molecular complexity index is 1900. The van der Waals surface area contributed by atoms with Crippen LogP contribution in [0.5, 0.6) is 0 Å². The molecular formula is C33H24F6N4O. The van der Waals surface area contributed by atoms with Gasteiger partial charge in [0.05, 0.1) is 11.2 Å². The number of carbonyl (C=O) groups excluding carboxylic acids is 1. The number of aromatic nitrogens is 4. The SMILES string of the molecule is O=C(C[C@@H](Cc1cc(F)cc(F)c1)c1ncccc1-c1ccc2cccnc2c1)Cn1nc(C(F)F)c2c1C(F)(F)C1CC21. The Morgan fingerprint density at radius 3 is 2.48 bits per heavy atom.